The van der Waals surface area contributed by atoms with Crippen molar-refractivity contribution in [3.63, 3.8) is 0 Å². The molecular weight excluding hydrogens is 292 g/mol. The van der Waals surface area contributed by atoms with Gasteiger partial charge in [-0.1, -0.05) is 0 Å². The maximum atomic E-state index is 9.75. The Kier molecular flexibility index (Phi) is 4.19. The topological polar surface area (TPSA) is 61.0 Å². The summed E-state index contributed by atoms with van der Waals surface area (Å²) in [6.45, 7) is 0. The van der Waals surface area contributed by atoms with E-state index in [9.17, 15) is 10.2 Å². The number of fused-ring (bicyclic) bond motifs is 1. The highest BCUT2D eigenvalue weighted by atomic mass is 35.5. The lowest BCUT2D eigenvalue weighted by atomic mass is 10.1. The van der Waals surface area contributed by atoms with Gasteiger partial charge in [0.25, 0.3) is 0 Å². The smallest absolute Gasteiger partial charge is 0.368 e. The van der Waals surface area contributed by atoms with Crippen LogP contribution in [0.15, 0.2) is 52.9 Å². The Hall–Kier alpha value is -2.46. The third-order valence-electron chi connectivity index (χ3n) is 3.10. The fourth-order valence-corrected chi connectivity index (χ4v) is 2.07. The van der Waals surface area contributed by atoms with Crippen molar-refractivity contribution in [3.05, 3.63) is 48.5 Å². The summed E-state index contributed by atoms with van der Waals surface area (Å²) in [6, 6.07) is 13.7. The van der Waals surface area contributed by atoms with E-state index in [1.807, 2.05) is 24.3 Å². The molecule has 3 aromatic rings. The molecule has 1 aromatic heterocycles. The fourth-order valence-electron chi connectivity index (χ4n) is 2.07. The van der Waals surface area contributed by atoms with Gasteiger partial charge in [0.1, 0.15) is 22.6 Å². The lowest BCUT2D eigenvalue weighted by Gasteiger charge is -1.99. The number of aromatic hydroxyl groups is 2. The monoisotopic (exact) mass is 304 g/mol. The molecule has 0 atom stereocenters. The number of hydrogen-bond donors (Lipinski definition) is 2. The highest BCUT2D eigenvalue weighted by Gasteiger charge is 2.17. The zero-order valence-corrected chi connectivity index (χ0v) is 12.0. The number of phenolic OH excluding ortho intramolecular Hbond substituents is 2. The van der Waals surface area contributed by atoms with Crippen molar-refractivity contribution in [3.8, 4) is 28.6 Å². The maximum absolute atomic E-state index is 9.75. The maximum Gasteiger partial charge on any atom is 0.368 e. The van der Waals surface area contributed by atoms with Crippen LogP contribution in [-0.4, -0.2) is 17.3 Å². The molecule has 0 saturated heterocycles. The van der Waals surface area contributed by atoms with Crippen molar-refractivity contribution in [2.75, 3.05) is 7.11 Å². The van der Waals surface area contributed by atoms with Gasteiger partial charge in [0.15, 0.2) is 0 Å². The van der Waals surface area contributed by atoms with Crippen LogP contribution in [0.5, 0.6) is 17.2 Å². The van der Waals surface area contributed by atoms with Crippen LogP contribution in [0.2, 0.25) is 0 Å². The minimum atomic E-state index is -0.0365. The van der Waals surface area contributed by atoms with Crippen molar-refractivity contribution >= 4 is 11.0 Å². The number of phenols is 2. The van der Waals surface area contributed by atoms with Gasteiger partial charge in [0, 0.05) is 12.1 Å². The lowest BCUT2D eigenvalue weighted by Crippen LogP contribution is -3.00. The van der Waals surface area contributed by atoms with Crippen LogP contribution in [0.25, 0.3) is 22.3 Å². The summed E-state index contributed by atoms with van der Waals surface area (Å²) in [5.74, 6) is 1.37. The van der Waals surface area contributed by atoms with Crippen LogP contribution in [0.1, 0.15) is 0 Å². The summed E-state index contributed by atoms with van der Waals surface area (Å²) in [7, 11) is 1.61. The summed E-state index contributed by atoms with van der Waals surface area (Å²) in [4.78, 5) is 0. The van der Waals surface area contributed by atoms with E-state index in [1.54, 1.807) is 19.2 Å². The van der Waals surface area contributed by atoms with Crippen LogP contribution in [0.4, 0.5) is 0 Å². The molecule has 0 bridgehead atoms. The normalized spacial score (nSPS) is 10.1. The lowest BCUT2D eigenvalue weighted by molar-refractivity contribution is -0.00000694. The van der Waals surface area contributed by atoms with Crippen molar-refractivity contribution in [2.24, 2.45) is 0 Å². The van der Waals surface area contributed by atoms with E-state index in [2.05, 4.69) is 0 Å². The molecule has 2 aromatic carbocycles. The molecule has 21 heavy (non-hydrogen) atoms. The Morgan fingerprint density at radius 1 is 0.952 bits per heavy atom. The van der Waals surface area contributed by atoms with Crippen molar-refractivity contribution < 1.29 is 31.8 Å². The largest absolute Gasteiger partial charge is 1.00 e. The molecule has 3 rings (SSSR count). The summed E-state index contributed by atoms with van der Waals surface area (Å²) in [5.41, 5.74) is 1.31. The summed E-state index contributed by atoms with van der Waals surface area (Å²) in [6.07, 6.45) is 0. The van der Waals surface area contributed by atoms with Gasteiger partial charge in [-0.15, -0.1) is 0 Å². The molecule has 0 radical (unpaired) electrons. The van der Waals surface area contributed by atoms with Gasteiger partial charge in [-0.25, -0.2) is 4.42 Å². The average Bonchev–Trinajstić information content (AvgIpc) is 2.46. The summed E-state index contributed by atoms with van der Waals surface area (Å²) < 4.78 is 10.8. The van der Waals surface area contributed by atoms with Crippen molar-refractivity contribution in [1.82, 2.24) is 0 Å². The second kappa shape index (κ2) is 5.89. The van der Waals surface area contributed by atoms with E-state index in [0.717, 1.165) is 11.3 Å². The Morgan fingerprint density at radius 3 is 2.33 bits per heavy atom. The first-order chi connectivity index (χ1) is 9.67. The average molecular weight is 305 g/mol. The second-order valence-electron chi connectivity index (χ2n) is 4.40. The molecule has 0 fully saturated rings. The molecule has 0 spiro atoms. The molecule has 2 N–H and O–H groups in total. The molecule has 1 heterocycles. The minimum Gasteiger partial charge on any atom is -1.00 e. The van der Waals surface area contributed by atoms with Gasteiger partial charge >= 0.3 is 11.3 Å². The van der Waals surface area contributed by atoms with Crippen LogP contribution in [-0.2, 0) is 0 Å². The Morgan fingerprint density at radius 2 is 1.67 bits per heavy atom. The third-order valence-corrected chi connectivity index (χ3v) is 3.10. The second-order valence-corrected chi connectivity index (χ2v) is 4.40. The molecule has 0 saturated carbocycles. The van der Waals surface area contributed by atoms with Gasteiger partial charge in [0.05, 0.1) is 18.7 Å². The summed E-state index contributed by atoms with van der Waals surface area (Å²) >= 11 is 0. The van der Waals surface area contributed by atoms with E-state index < -0.39 is 0 Å². The van der Waals surface area contributed by atoms with Gasteiger partial charge in [-0.2, -0.15) is 0 Å². The number of benzene rings is 2. The highest BCUT2D eigenvalue weighted by Crippen LogP contribution is 2.33. The SMILES string of the molecule is COc1ccc(-c2ccc3c(O)cc(O)cc3[o+]2)cc1.[Cl-]. The molecular formula is C16H13ClO4. The van der Waals surface area contributed by atoms with E-state index >= 15 is 0 Å². The summed E-state index contributed by atoms with van der Waals surface area (Å²) in [5, 5.41) is 19.8. The number of methoxy groups -OCH3 is 1. The number of hydrogen-bond acceptors (Lipinski definition) is 3. The van der Waals surface area contributed by atoms with E-state index in [0.29, 0.717) is 16.7 Å². The first kappa shape index (κ1) is 14.9. The van der Waals surface area contributed by atoms with Crippen molar-refractivity contribution in [1.29, 1.82) is 0 Å². The predicted octanol–water partition coefficient (Wildman–Crippen LogP) is 0.805. The van der Waals surface area contributed by atoms with Crippen molar-refractivity contribution in [2.45, 2.75) is 0 Å². The molecule has 5 heteroatoms. The molecule has 0 unspecified atom stereocenters. The first-order valence-corrected chi connectivity index (χ1v) is 6.10. The molecule has 4 nitrogen and oxygen atoms in total. The van der Waals surface area contributed by atoms with Crippen LogP contribution < -0.4 is 17.1 Å². The fraction of sp³-hybridized carbons (Fsp3) is 0.0625. The molecule has 0 aliphatic heterocycles. The molecule has 0 aliphatic rings. The van der Waals surface area contributed by atoms with Crippen LogP contribution in [0.3, 0.4) is 0 Å². The predicted molar refractivity (Wildman–Crippen MR) is 75.9 cm³/mol. The minimum absolute atomic E-state index is 0. The van der Waals surface area contributed by atoms with Gasteiger partial charge in [0.2, 0.25) is 0 Å². The first-order valence-electron chi connectivity index (χ1n) is 6.10. The van der Waals surface area contributed by atoms with Crippen LogP contribution >= 0.6 is 0 Å². The number of ether oxygens (including phenoxy) is 1. The zero-order chi connectivity index (χ0) is 14.1. The molecule has 0 aliphatic carbocycles. The molecule has 0 amide bonds. The van der Waals surface area contributed by atoms with Gasteiger partial charge in [-0.05, 0) is 30.3 Å². The van der Waals surface area contributed by atoms with Gasteiger partial charge in [-0.3, -0.25) is 0 Å². The number of halogens is 1. The Bertz CT molecular complexity index is 769. The van der Waals surface area contributed by atoms with E-state index in [1.165, 1.54) is 12.1 Å². The molecule has 108 valence electrons. The third kappa shape index (κ3) is 2.85. The van der Waals surface area contributed by atoms with E-state index in [-0.39, 0.29) is 23.9 Å². The Balaban J connectivity index is 0.00000161. The standard InChI is InChI=1S/C16H12O4.ClH/c1-19-12-4-2-10(3-5-12)15-7-6-13-14(18)8-11(17)9-16(13)20-15;/h2-9H,1H3,(H-,17,18);1H. The quantitative estimate of drug-likeness (QED) is 0.688. The van der Waals surface area contributed by atoms with Gasteiger partial charge < -0.3 is 27.4 Å². The number of rotatable bonds is 2. The van der Waals surface area contributed by atoms with E-state index in [4.69, 9.17) is 9.15 Å². The van der Waals surface area contributed by atoms with Crippen LogP contribution in [0, 0.1) is 0 Å². The zero-order valence-electron chi connectivity index (χ0n) is 11.2. The highest BCUT2D eigenvalue weighted by molar-refractivity contribution is 5.86. The Labute approximate surface area is 127 Å².